The normalized spacial score (nSPS) is 14.3. The van der Waals surface area contributed by atoms with Crippen molar-refractivity contribution in [2.45, 2.75) is 13.0 Å². The highest BCUT2D eigenvalue weighted by Crippen LogP contribution is 2.37. The molecule has 1 fully saturated rings. The van der Waals surface area contributed by atoms with E-state index in [-0.39, 0.29) is 0 Å². The van der Waals surface area contributed by atoms with Crippen molar-refractivity contribution in [3.05, 3.63) is 89.8 Å². The van der Waals surface area contributed by atoms with E-state index in [1.165, 1.54) is 16.7 Å². The first-order chi connectivity index (χ1) is 17.8. The fourth-order valence-electron chi connectivity index (χ4n) is 4.54. The van der Waals surface area contributed by atoms with E-state index >= 15 is 0 Å². The number of benzene rings is 2. The highest BCUT2D eigenvalue weighted by molar-refractivity contribution is 7.17. The molecule has 6 rings (SSSR count). The molecule has 0 spiro atoms. The summed E-state index contributed by atoms with van der Waals surface area (Å²) in [6.07, 6.45) is 4.65. The first-order valence-electron chi connectivity index (χ1n) is 12.3. The minimum atomic E-state index is 0.738. The number of aromatic nitrogens is 4. The van der Waals surface area contributed by atoms with E-state index in [2.05, 4.69) is 69.2 Å². The number of anilines is 1. The van der Waals surface area contributed by atoms with Gasteiger partial charge >= 0.3 is 0 Å². The van der Waals surface area contributed by atoms with E-state index in [1.807, 2.05) is 23.0 Å². The number of nitrogens with zero attached hydrogens (tertiary/aromatic N) is 5. The quantitative estimate of drug-likeness (QED) is 0.325. The lowest BCUT2D eigenvalue weighted by Gasteiger charge is -2.25. The van der Waals surface area contributed by atoms with Crippen LogP contribution in [0.4, 0.5) is 5.82 Å². The van der Waals surface area contributed by atoms with Crippen LogP contribution in [-0.4, -0.2) is 57.5 Å². The lowest BCUT2D eigenvalue weighted by molar-refractivity contribution is 0.0331. The predicted octanol–water partition coefficient (Wildman–Crippen LogP) is 5.03. The molecule has 1 aliphatic rings. The van der Waals surface area contributed by atoms with Crippen molar-refractivity contribution in [3.8, 4) is 16.8 Å². The Morgan fingerprint density at radius 1 is 0.944 bits per heavy atom. The van der Waals surface area contributed by atoms with E-state index in [0.29, 0.717) is 0 Å². The summed E-state index contributed by atoms with van der Waals surface area (Å²) in [7, 11) is 0. The molecule has 0 radical (unpaired) electrons. The van der Waals surface area contributed by atoms with Crippen molar-refractivity contribution in [2.75, 3.05) is 38.2 Å². The molecule has 1 N–H and O–H groups in total. The van der Waals surface area contributed by atoms with Crippen molar-refractivity contribution in [3.63, 3.8) is 0 Å². The van der Waals surface area contributed by atoms with Crippen molar-refractivity contribution < 1.29 is 4.74 Å². The molecule has 0 aliphatic carbocycles. The Balaban J connectivity index is 1.24. The second-order valence-electron chi connectivity index (χ2n) is 8.87. The van der Waals surface area contributed by atoms with Gasteiger partial charge in [0.2, 0.25) is 0 Å². The molecule has 0 saturated carbocycles. The second kappa shape index (κ2) is 10.6. The molecule has 0 bridgehead atoms. The van der Waals surface area contributed by atoms with Gasteiger partial charge in [0.15, 0.2) is 0 Å². The number of nitrogens with one attached hydrogen (secondary N) is 1. The van der Waals surface area contributed by atoms with Crippen LogP contribution in [0.2, 0.25) is 0 Å². The van der Waals surface area contributed by atoms with Crippen LogP contribution in [0.15, 0.2) is 78.4 Å². The molecule has 3 aromatic heterocycles. The Morgan fingerprint density at radius 2 is 1.78 bits per heavy atom. The minimum absolute atomic E-state index is 0.738. The summed E-state index contributed by atoms with van der Waals surface area (Å²) in [6.45, 7) is 4.89. The largest absolute Gasteiger partial charge is 0.379 e. The molecule has 0 unspecified atom stereocenters. The molecule has 5 aromatic rings. The van der Waals surface area contributed by atoms with Crippen LogP contribution >= 0.6 is 11.3 Å². The van der Waals surface area contributed by atoms with E-state index in [0.717, 1.165) is 73.4 Å². The van der Waals surface area contributed by atoms with Crippen molar-refractivity contribution in [1.82, 2.24) is 24.6 Å². The maximum atomic E-state index is 5.51. The summed E-state index contributed by atoms with van der Waals surface area (Å²) in [5, 5.41) is 11.3. The average Bonchev–Trinajstić information content (AvgIpc) is 3.61. The van der Waals surface area contributed by atoms with Crippen molar-refractivity contribution in [2.24, 2.45) is 0 Å². The molecule has 1 aliphatic heterocycles. The van der Waals surface area contributed by atoms with Gasteiger partial charge in [0.25, 0.3) is 0 Å². The lowest BCUT2D eigenvalue weighted by Crippen LogP contribution is -2.36. The SMILES string of the molecule is c1ccc(-c2csc3nc(CN4CCOCC4)nc(NCCc4ccc(-n5cccn5)cc4)c23)cc1. The highest BCUT2D eigenvalue weighted by atomic mass is 32.1. The van der Waals surface area contributed by atoms with Gasteiger partial charge in [-0.3, -0.25) is 4.90 Å². The Labute approximate surface area is 214 Å². The van der Waals surface area contributed by atoms with E-state index < -0.39 is 0 Å². The molecule has 0 atom stereocenters. The number of hydrogen-bond acceptors (Lipinski definition) is 7. The summed E-state index contributed by atoms with van der Waals surface area (Å²) in [4.78, 5) is 13.4. The maximum Gasteiger partial charge on any atom is 0.146 e. The Hall–Kier alpha value is -3.59. The van der Waals surface area contributed by atoms with Gasteiger partial charge in [-0.15, -0.1) is 11.3 Å². The molecule has 2 aromatic carbocycles. The van der Waals surface area contributed by atoms with Crippen LogP contribution in [0.3, 0.4) is 0 Å². The van der Waals surface area contributed by atoms with E-state index in [1.54, 1.807) is 17.5 Å². The second-order valence-corrected chi connectivity index (χ2v) is 9.72. The molecular formula is C28H28N6OS. The number of morpholine rings is 1. The van der Waals surface area contributed by atoms with Gasteiger partial charge in [0.1, 0.15) is 16.5 Å². The third kappa shape index (κ3) is 5.02. The topological polar surface area (TPSA) is 68.1 Å². The summed E-state index contributed by atoms with van der Waals surface area (Å²) >= 11 is 1.69. The monoisotopic (exact) mass is 496 g/mol. The molecule has 1 saturated heterocycles. The molecule has 8 heteroatoms. The zero-order chi connectivity index (χ0) is 24.2. The van der Waals surface area contributed by atoms with Gasteiger partial charge < -0.3 is 10.1 Å². The number of thiophene rings is 1. The van der Waals surface area contributed by atoms with Crippen LogP contribution in [0.5, 0.6) is 0 Å². The highest BCUT2D eigenvalue weighted by Gasteiger charge is 2.18. The fraction of sp³-hybridized carbons (Fsp3) is 0.250. The van der Waals surface area contributed by atoms with Crippen LogP contribution in [-0.2, 0) is 17.7 Å². The number of rotatable bonds is 8. The van der Waals surface area contributed by atoms with Crippen LogP contribution in [0.25, 0.3) is 27.0 Å². The van der Waals surface area contributed by atoms with Crippen LogP contribution < -0.4 is 5.32 Å². The molecular weight excluding hydrogens is 468 g/mol. The summed E-state index contributed by atoms with van der Waals surface area (Å²) < 4.78 is 7.38. The summed E-state index contributed by atoms with van der Waals surface area (Å²) in [5.74, 6) is 1.77. The number of hydrogen-bond donors (Lipinski definition) is 1. The number of ether oxygens (including phenoxy) is 1. The molecule has 0 amide bonds. The van der Waals surface area contributed by atoms with Gasteiger partial charge in [-0.25, -0.2) is 14.6 Å². The van der Waals surface area contributed by atoms with Crippen LogP contribution in [0, 0.1) is 0 Å². The first-order valence-corrected chi connectivity index (χ1v) is 13.2. The zero-order valence-electron chi connectivity index (χ0n) is 20.0. The van der Waals surface area contributed by atoms with Gasteiger partial charge in [-0.2, -0.15) is 5.10 Å². The summed E-state index contributed by atoms with van der Waals surface area (Å²) in [5.41, 5.74) is 4.70. The smallest absolute Gasteiger partial charge is 0.146 e. The standard InChI is InChI=1S/C28H28N6OS/c1-2-5-22(6-3-1)24-20-36-28-26(24)27(31-25(32-28)19-33-15-17-35-18-16-33)29-13-11-21-7-9-23(10-8-21)34-14-4-12-30-34/h1-10,12,14,20H,11,13,15-19H2,(H,29,31,32). The first kappa shape index (κ1) is 22.8. The average molecular weight is 497 g/mol. The molecule has 182 valence electrons. The Morgan fingerprint density at radius 3 is 2.56 bits per heavy atom. The fourth-order valence-corrected chi connectivity index (χ4v) is 5.50. The zero-order valence-corrected chi connectivity index (χ0v) is 20.8. The maximum absolute atomic E-state index is 5.51. The van der Waals surface area contributed by atoms with Crippen molar-refractivity contribution in [1.29, 1.82) is 0 Å². The predicted molar refractivity (Wildman–Crippen MR) is 145 cm³/mol. The summed E-state index contributed by atoms with van der Waals surface area (Å²) in [6, 6.07) is 21.0. The minimum Gasteiger partial charge on any atom is -0.379 e. The van der Waals surface area contributed by atoms with Gasteiger partial charge in [0.05, 0.1) is 30.8 Å². The Bertz CT molecular complexity index is 1410. The van der Waals surface area contributed by atoms with Gasteiger partial charge in [-0.05, 0) is 35.7 Å². The third-order valence-corrected chi connectivity index (χ3v) is 7.32. The third-order valence-electron chi connectivity index (χ3n) is 6.44. The number of fused-ring (bicyclic) bond motifs is 1. The molecule has 36 heavy (non-hydrogen) atoms. The molecule has 7 nitrogen and oxygen atoms in total. The molecule has 4 heterocycles. The Kier molecular flexibility index (Phi) is 6.71. The lowest BCUT2D eigenvalue weighted by atomic mass is 10.1. The van der Waals surface area contributed by atoms with Crippen LogP contribution in [0.1, 0.15) is 11.4 Å². The van der Waals surface area contributed by atoms with Crippen molar-refractivity contribution >= 4 is 27.4 Å². The van der Waals surface area contributed by atoms with E-state index in [9.17, 15) is 0 Å². The van der Waals surface area contributed by atoms with Gasteiger partial charge in [-0.1, -0.05) is 42.5 Å². The van der Waals surface area contributed by atoms with E-state index in [4.69, 9.17) is 14.7 Å². The van der Waals surface area contributed by atoms with Gasteiger partial charge in [0, 0.05) is 43.0 Å².